The molecule has 1 aromatic heterocycles. The number of para-hydroxylation sites is 1. The van der Waals surface area contributed by atoms with Crippen LogP contribution in [0, 0.1) is 6.92 Å². The molecule has 1 unspecified atom stereocenters. The van der Waals surface area contributed by atoms with Crippen LogP contribution in [0.5, 0.6) is 5.75 Å². The number of nitrogen functional groups attached to an aromatic ring is 1. The molecule has 0 amide bonds. The van der Waals surface area contributed by atoms with Crippen LogP contribution in [0.3, 0.4) is 0 Å². The van der Waals surface area contributed by atoms with Crippen molar-refractivity contribution in [1.82, 2.24) is 4.98 Å². The molecule has 3 N–H and O–H groups in total. The molecule has 1 aliphatic heterocycles. The first-order valence-corrected chi connectivity index (χ1v) is 5.94. The van der Waals surface area contributed by atoms with Gasteiger partial charge in [-0.3, -0.25) is 0 Å². The molecule has 1 atom stereocenters. The van der Waals surface area contributed by atoms with Gasteiger partial charge in [0.25, 0.3) is 0 Å². The Balaban J connectivity index is 1.86. The smallest absolute Gasteiger partial charge is 0.149 e. The second-order valence-electron chi connectivity index (χ2n) is 4.50. The maximum atomic E-state index is 5.95. The number of pyridine rings is 1. The van der Waals surface area contributed by atoms with E-state index in [-0.39, 0.29) is 6.04 Å². The Morgan fingerprint density at radius 1 is 1.39 bits per heavy atom. The standard InChI is InChI=1S/C14H15N3O/c1-9-6-11(15)14(16-7-9)17-12-8-18-13-5-3-2-4-10(12)13/h2-7,12H,8,15H2,1H3,(H,16,17). The van der Waals surface area contributed by atoms with Crippen LogP contribution in [0.25, 0.3) is 0 Å². The van der Waals surface area contributed by atoms with Crippen LogP contribution in [0.4, 0.5) is 11.5 Å². The molecule has 2 aromatic rings. The second kappa shape index (κ2) is 4.22. The quantitative estimate of drug-likeness (QED) is 0.848. The van der Waals surface area contributed by atoms with Crippen molar-refractivity contribution in [3.8, 4) is 5.75 Å². The highest BCUT2D eigenvalue weighted by Crippen LogP contribution is 2.34. The fourth-order valence-electron chi connectivity index (χ4n) is 2.16. The average Bonchev–Trinajstić information content (AvgIpc) is 2.76. The van der Waals surface area contributed by atoms with Crippen molar-refractivity contribution in [3.63, 3.8) is 0 Å². The predicted octanol–water partition coefficient (Wildman–Crippen LogP) is 2.52. The Bertz CT molecular complexity index is 583. The first-order chi connectivity index (χ1) is 8.74. The third-order valence-electron chi connectivity index (χ3n) is 3.06. The highest BCUT2D eigenvalue weighted by molar-refractivity contribution is 5.63. The maximum Gasteiger partial charge on any atom is 0.149 e. The minimum Gasteiger partial charge on any atom is -0.491 e. The van der Waals surface area contributed by atoms with Crippen LogP contribution >= 0.6 is 0 Å². The maximum absolute atomic E-state index is 5.95. The molecule has 0 aliphatic carbocycles. The number of rotatable bonds is 2. The molecule has 2 heterocycles. The Morgan fingerprint density at radius 2 is 2.22 bits per heavy atom. The first-order valence-electron chi connectivity index (χ1n) is 5.94. The van der Waals surface area contributed by atoms with Crippen LogP contribution in [0.1, 0.15) is 17.2 Å². The number of aromatic nitrogens is 1. The number of ether oxygens (including phenoxy) is 1. The minimum atomic E-state index is 0.110. The molecule has 4 heteroatoms. The van der Waals surface area contributed by atoms with Crippen molar-refractivity contribution in [2.75, 3.05) is 17.7 Å². The van der Waals surface area contributed by atoms with E-state index in [1.54, 1.807) is 6.20 Å². The Morgan fingerprint density at radius 3 is 3.06 bits per heavy atom. The van der Waals surface area contributed by atoms with Crippen molar-refractivity contribution in [3.05, 3.63) is 47.7 Å². The number of nitrogens with one attached hydrogen (secondary N) is 1. The summed E-state index contributed by atoms with van der Waals surface area (Å²) in [6, 6.07) is 10.0. The van der Waals surface area contributed by atoms with E-state index in [2.05, 4.69) is 16.4 Å². The molecule has 0 radical (unpaired) electrons. The van der Waals surface area contributed by atoms with E-state index in [4.69, 9.17) is 10.5 Å². The number of nitrogens with zero attached hydrogens (tertiary/aromatic N) is 1. The van der Waals surface area contributed by atoms with Crippen LogP contribution < -0.4 is 15.8 Å². The first kappa shape index (κ1) is 10.9. The normalized spacial score (nSPS) is 17.1. The summed E-state index contributed by atoms with van der Waals surface area (Å²) in [4.78, 5) is 4.32. The number of aryl methyl sites for hydroxylation is 1. The van der Waals surface area contributed by atoms with Crippen molar-refractivity contribution in [2.24, 2.45) is 0 Å². The number of benzene rings is 1. The van der Waals surface area contributed by atoms with Gasteiger partial charge in [-0.2, -0.15) is 0 Å². The van der Waals surface area contributed by atoms with E-state index in [1.165, 1.54) is 0 Å². The van der Waals surface area contributed by atoms with Crippen LogP contribution in [0.15, 0.2) is 36.5 Å². The molecular formula is C14H15N3O. The van der Waals surface area contributed by atoms with Gasteiger partial charge in [0.1, 0.15) is 18.2 Å². The van der Waals surface area contributed by atoms with E-state index >= 15 is 0 Å². The highest BCUT2D eigenvalue weighted by atomic mass is 16.5. The van der Waals surface area contributed by atoms with Gasteiger partial charge < -0.3 is 15.8 Å². The molecule has 0 saturated heterocycles. The lowest BCUT2D eigenvalue weighted by Gasteiger charge is -2.14. The van der Waals surface area contributed by atoms with Crippen molar-refractivity contribution < 1.29 is 4.74 Å². The summed E-state index contributed by atoms with van der Waals surface area (Å²) in [7, 11) is 0. The number of hydrogen-bond donors (Lipinski definition) is 2. The SMILES string of the molecule is Cc1cnc(NC2COc3ccccc32)c(N)c1. The van der Waals surface area contributed by atoms with Crippen LogP contribution in [-0.4, -0.2) is 11.6 Å². The molecule has 1 aromatic carbocycles. The molecule has 0 fully saturated rings. The molecule has 0 spiro atoms. The van der Waals surface area contributed by atoms with Gasteiger partial charge in [0, 0.05) is 11.8 Å². The highest BCUT2D eigenvalue weighted by Gasteiger charge is 2.24. The Kier molecular flexibility index (Phi) is 2.55. The third-order valence-corrected chi connectivity index (χ3v) is 3.06. The minimum absolute atomic E-state index is 0.110. The number of fused-ring (bicyclic) bond motifs is 1. The lowest BCUT2D eigenvalue weighted by molar-refractivity contribution is 0.339. The fourth-order valence-corrected chi connectivity index (χ4v) is 2.16. The molecule has 3 rings (SSSR count). The largest absolute Gasteiger partial charge is 0.491 e. The summed E-state index contributed by atoms with van der Waals surface area (Å²) in [6.07, 6.45) is 1.81. The van der Waals surface area contributed by atoms with Gasteiger partial charge in [-0.25, -0.2) is 4.98 Å². The lowest BCUT2D eigenvalue weighted by atomic mass is 10.1. The second-order valence-corrected chi connectivity index (χ2v) is 4.50. The van der Waals surface area contributed by atoms with Crippen LogP contribution in [-0.2, 0) is 0 Å². The van der Waals surface area contributed by atoms with Crippen molar-refractivity contribution in [1.29, 1.82) is 0 Å². The summed E-state index contributed by atoms with van der Waals surface area (Å²) < 4.78 is 5.62. The van der Waals surface area contributed by atoms with Gasteiger partial charge >= 0.3 is 0 Å². The summed E-state index contributed by atoms with van der Waals surface area (Å²) >= 11 is 0. The number of nitrogens with two attached hydrogens (primary N) is 1. The van der Waals surface area contributed by atoms with Gasteiger partial charge in [-0.15, -0.1) is 0 Å². The van der Waals surface area contributed by atoms with Crippen molar-refractivity contribution >= 4 is 11.5 Å². The Labute approximate surface area is 106 Å². The monoisotopic (exact) mass is 241 g/mol. The van der Waals surface area contributed by atoms with Crippen molar-refractivity contribution in [2.45, 2.75) is 13.0 Å². The fraction of sp³-hybridized carbons (Fsp3) is 0.214. The van der Waals surface area contributed by atoms with Gasteiger partial charge in [-0.1, -0.05) is 18.2 Å². The molecular weight excluding hydrogens is 226 g/mol. The topological polar surface area (TPSA) is 60.2 Å². The molecule has 0 bridgehead atoms. The van der Waals surface area contributed by atoms with E-state index < -0.39 is 0 Å². The molecule has 18 heavy (non-hydrogen) atoms. The summed E-state index contributed by atoms with van der Waals surface area (Å²) in [5.74, 6) is 1.64. The number of anilines is 2. The zero-order valence-electron chi connectivity index (χ0n) is 10.2. The molecule has 92 valence electrons. The van der Waals surface area contributed by atoms with Gasteiger partial charge in [-0.05, 0) is 24.6 Å². The predicted molar refractivity (Wildman–Crippen MR) is 71.7 cm³/mol. The van der Waals surface area contributed by atoms with E-state index in [9.17, 15) is 0 Å². The van der Waals surface area contributed by atoms with E-state index in [0.717, 1.165) is 16.9 Å². The lowest BCUT2D eigenvalue weighted by Crippen LogP contribution is -2.14. The van der Waals surface area contributed by atoms with Gasteiger partial charge in [0.15, 0.2) is 0 Å². The average molecular weight is 241 g/mol. The zero-order chi connectivity index (χ0) is 12.5. The summed E-state index contributed by atoms with van der Waals surface area (Å²) in [6.45, 7) is 2.58. The molecule has 0 saturated carbocycles. The summed E-state index contributed by atoms with van der Waals surface area (Å²) in [5.41, 5.74) is 8.83. The van der Waals surface area contributed by atoms with Crippen LogP contribution in [0.2, 0.25) is 0 Å². The van der Waals surface area contributed by atoms with E-state index in [0.29, 0.717) is 18.1 Å². The third kappa shape index (κ3) is 1.86. The zero-order valence-corrected chi connectivity index (χ0v) is 10.2. The molecule has 4 nitrogen and oxygen atoms in total. The number of hydrogen-bond acceptors (Lipinski definition) is 4. The molecule has 1 aliphatic rings. The summed E-state index contributed by atoms with van der Waals surface area (Å²) in [5, 5.41) is 3.33. The Hall–Kier alpha value is -2.23. The van der Waals surface area contributed by atoms with Gasteiger partial charge in [0.05, 0.1) is 11.7 Å². The van der Waals surface area contributed by atoms with Gasteiger partial charge in [0.2, 0.25) is 0 Å². The van der Waals surface area contributed by atoms with E-state index in [1.807, 2.05) is 31.2 Å².